The Morgan fingerprint density at radius 3 is 2.62 bits per heavy atom. The number of carbonyl (C=O) groups excluding carboxylic acids is 2. The monoisotopic (exact) mass is 350 g/mol. The number of hydrogen-bond donors (Lipinski definition) is 1. The maximum Gasteiger partial charge on any atom is 0.250 e. The van der Waals surface area contributed by atoms with Crippen molar-refractivity contribution in [3.8, 4) is 0 Å². The van der Waals surface area contributed by atoms with Gasteiger partial charge in [-0.05, 0) is 55.9 Å². The summed E-state index contributed by atoms with van der Waals surface area (Å²) in [6, 6.07) is 5.05. The smallest absolute Gasteiger partial charge is 0.250 e. The fourth-order valence-corrected chi connectivity index (χ4v) is 3.18. The molecule has 1 saturated heterocycles. The third-order valence-electron chi connectivity index (χ3n) is 4.32. The summed E-state index contributed by atoms with van der Waals surface area (Å²) in [5, 5.41) is 2.92. The molecule has 1 aromatic rings. The molecule has 0 spiro atoms. The lowest BCUT2D eigenvalue weighted by Gasteiger charge is -2.39. The van der Waals surface area contributed by atoms with Crippen LogP contribution in [-0.2, 0) is 9.59 Å². The Bertz CT molecular complexity index is 598. The van der Waals surface area contributed by atoms with Crippen molar-refractivity contribution in [2.24, 2.45) is 5.92 Å². The molecule has 1 aromatic carbocycles. The van der Waals surface area contributed by atoms with Crippen molar-refractivity contribution >= 4 is 33.4 Å². The van der Waals surface area contributed by atoms with Crippen molar-refractivity contribution in [2.75, 3.05) is 4.90 Å². The lowest BCUT2D eigenvalue weighted by atomic mass is 10.0. The lowest BCUT2D eigenvalue weighted by Crippen LogP contribution is -2.64. The van der Waals surface area contributed by atoms with Crippen LogP contribution in [0.1, 0.15) is 31.7 Å². The average Bonchev–Trinajstić information content (AvgIpc) is 3.28. The van der Waals surface area contributed by atoms with Gasteiger partial charge in [-0.25, -0.2) is 0 Å². The summed E-state index contributed by atoms with van der Waals surface area (Å²) in [6.07, 6.45) is 2.67. The van der Waals surface area contributed by atoms with E-state index in [4.69, 9.17) is 0 Å². The van der Waals surface area contributed by atoms with Gasteiger partial charge in [-0.1, -0.05) is 22.9 Å². The molecular weight excluding hydrogens is 332 g/mol. The van der Waals surface area contributed by atoms with Gasteiger partial charge in [0.2, 0.25) is 5.91 Å². The van der Waals surface area contributed by atoms with E-state index in [2.05, 4.69) is 21.2 Å². The normalized spacial score (nSPS) is 26.0. The van der Waals surface area contributed by atoms with E-state index < -0.39 is 6.04 Å². The summed E-state index contributed by atoms with van der Waals surface area (Å²) in [7, 11) is 0. The third-order valence-corrected chi connectivity index (χ3v) is 5.21. The van der Waals surface area contributed by atoms with Crippen LogP contribution in [0.4, 0.5) is 5.69 Å². The highest BCUT2D eigenvalue weighted by Crippen LogP contribution is 2.37. The standard InChI is InChI=1S/C16H19BrN2O2/c1-3-13-15(20)18-14(10-4-5-10)16(21)19(13)11-6-7-12(17)9(2)8-11/h6-8,10,13-14H,3-5H2,1-2H3,(H,18,20). The van der Waals surface area contributed by atoms with E-state index in [0.29, 0.717) is 12.3 Å². The summed E-state index contributed by atoms with van der Waals surface area (Å²) < 4.78 is 1.01. The predicted molar refractivity (Wildman–Crippen MR) is 85.1 cm³/mol. The second-order valence-electron chi connectivity index (χ2n) is 5.89. The zero-order valence-electron chi connectivity index (χ0n) is 12.2. The second-order valence-corrected chi connectivity index (χ2v) is 6.74. The van der Waals surface area contributed by atoms with Gasteiger partial charge >= 0.3 is 0 Å². The third kappa shape index (κ3) is 2.59. The molecule has 0 bridgehead atoms. The van der Waals surface area contributed by atoms with Gasteiger partial charge in [0, 0.05) is 10.2 Å². The topological polar surface area (TPSA) is 49.4 Å². The number of benzene rings is 1. The largest absolute Gasteiger partial charge is 0.342 e. The molecule has 1 aliphatic heterocycles. The van der Waals surface area contributed by atoms with Crippen LogP contribution >= 0.6 is 15.9 Å². The number of aryl methyl sites for hydroxylation is 1. The van der Waals surface area contributed by atoms with Crippen molar-refractivity contribution in [1.29, 1.82) is 0 Å². The first-order chi connectivity index (χ1) is 10.0. The summed E-state index contributed by atoms with van der Waals surface area (Å²) in [5.41, 5.74) is 1.87. The zero-order valence-corrected chi connectivity index (χ0v) is 13.8. The summed E-state index contributed by atoms with van der Waals surface area (Å²) >= 11 is 3.47. The first kappa shape index (κ1) is 14.6. The second kappa shape index (κ2) is 5.44. The molecule has 1 aliphatic carbocycles. The fraction of sp³-hybridized carbons (Fsp3) is 0.500. The highest BCUT2D eigenvalue weighted by atomic mass is 79.9. The molecule has 2 amide bonds. The number of carbonyl (C=O) groups is 2. The van der Waals surface area contributed by atoms with E-state index in [1.54, 1.807) is 4.90 Å². The summed E-state index contributed by atoms with van der Waals surface area (Å²) in [6.45, 7) is 3.93. The quantitative estimate of drug-likeness (QED) is 0.911. The van der Waals surface area contributed by atoms with E-state index in [0.717, 1.165) is 28.6 Å². The molecule has 0 radical (unpaired) electrons. The molecule has 1 saturated carbocycles. The molecule has 2 fully saturated rings. The van der Waals surface area contributed by atoms with Crippen LogP contribution in [0.25, 0.3) is 0 Å². The molecule has 5 heteroatoms. The Morgan fingerprint density at radius 1 is 1.33 bits per heavy atom. The van der Waals surface area contributed by atoms with Crippen LogP contribution in [-0.4, -0.2) is 23.9 Å². The number of hydrogen-bond acceptors (Lipinski definition) is 2. The minimum absolute atomic E-state index is 0.0328. The number of nitrogens with zero attached hydrogens (tertiary/aromatic N) is 1. The molecule has 3 rings (SSSR count). The molecule has 1 heterocycles. The van der Waals surface area contributed by atoms with Gasteiger partial charge in [0.25, 0.3) is 5.91 Å². The number of amides is 2. The molecule has 21 heavy (non-hydrogen) atoms. The minimum Gasteiger partial charge on any atom is -0.342 e. The van der Waals surface area contributed by atoms with Gasteiger partial charge in [-0.2, -0.15) is 0 Å². The molecule has 2 atom stereocenters. The van der Waals surface area contributed by atoms with Crippen LogP contribution in [0.5, 0.6) is 0 Å². The number of anilines is 1. The Morgan fingerprint density at radius 2 is 2.05 bits per heavy atom. The van der Waals surface area contributed by atoms with Crippen molar-refractivity contribution in [3.63, 3.8) is 0 Å². The first-order valence-corrected chi connectivity index (χ1v) is 8.21. The Balaban J connectivity index is 1.99. The van der Waals surface area contributed by atoms with Gasteiger partial charge in [0.05, 0.1) is 0 Å². The summed E-state index contributed by atoms with van der Waals surface area (Å²) in [4.78, 5) is 26.8. The first-order valence-electron chi connectivity index (χ1n) is 7.42. The lowest BCUT2D eigenvalue weighted by molar-refractivity contribution is -0.134. The van der Waals surface area contributed by atoms with Crippen LogP contribution < -0.4 is 10.2 Å². The maximum absolute atomic E-state index is 12.8. The van der Waals surface area contributed by atoms with E-state index in [1.165, 1.54) is 0 Å². The van der Waals surface area contributed by atoms with Crippen molar-refractivity contribution < 1.29 is 9.59 Å². The molecule has 112 valence electrons. The van der Waals surface area contributed by atoms with Gasteiger partial charge in [-0.15, -0.1) is 0 Å². The predicted octanol–water partition coefficient (Wildman–Crippen LogP) is 2.78. The number of halogens is 1. The Kier molecular flexibility index (Phi) is 3.78. The van der Waals surface area contributed by atoms with Crippen molar-refractivity contribution in [2.45, 2.75) is 45.2 Å². The number of rotatable bonds is 3. The van der Waals surface area contributed by atoms with Crippen LogP contribution in [0.3, 0.4) is 0 Å². The SMILES string of the molecule is CCC1C(=O)NC(C2CC2)C(=O)N1c1ccc(Br)c(C)c1. The van der Waals surface area contributed by atoms with Gasteiger partial charge in [0.1, 0.15) is 12.1 Å². The molecule has 4 nitrogen and oxygen atoms in total. The van der Waals surface area contributed by atoms with E-state index in [1.807, 2.05) is 32.0 Å². The van der Waals surface area contributed by atoms with Gasteiger partial charge in [0.15, 0.2) is 0 Å². The zero-order chi connectivity index (χ0) is 15.1. The highest BCUT2D eigenvalue weighted by molar-refractivity contribution is 9.10. The van der Waals surface area contributed by atoms with E-state index in [9.17, 15) is 9.59 Å². The average molecular weight is 351 g/mol. The fourth-order valence-electron chi connectivity index (χ4n) is 2.93. The maximum atomic E-state index is 12.8. The van der Waals surface area contributed by atoms with Crippen LogP contribution in [0.2, 0.25) is 0 Å². The molecule has 0 aromatic heterocycles. The van der Waals surface area contributed by atoms with Crippen LogP contribution in [0, 0.1) is 12.8 Å². The minimum atomic E-state index is -0.409. The highest BCUT2D eigenvalue weighted by Gasteiger charge is 2.46. The Labute approximate surface area is 133 Å². The summed E-state index contributed by atoms with van der Waals surface area (Å²) in [5.74, 6) is 0.318. The van der Waals surface area contributed by atoms with Gasteiger partial charge < -0.3 is 5.32 Å². The van der Waals surface area contributed by atoms with E-state index >= 15 is 0 Å². The number of piperazine rings is 1. The van der Waals surface area contributed by atoms with Crippen LogP contribution in [0.15, 0.2) is 22.7 Å². The Hall–Kier alpha value is -1.36. The molecular formula is C16H19BrN2O2. The molecule has 2 unspecified atom stereocenters. The van der Waals surface area contributed by atoms with Crippen molar-refractivity contribution in [1.82, 2.24) is 5.32 Å². The van der Waals surface area contributed by atoms with E-state index in [-0.39, 0.29) is 17.9 Å². The molecule has 2 aliphatic rings. The molecule has 1 N–H and O–H groups in total. The van der Waals surface area contributed by atoms with Gasteiger partial charge in [-0.3, -0.25) is 14.5 Å². The number of nitrogens with one attached hydrogen (secondary N) is 1. The van der Waals surface area contributed by atoms with Crippen molar-refractivity contribution in [3.05, 3.63) is 28.2 Å².